The van der Waals surface area contributed by atoms with Crippen LogP contribution >= 0.6 is 35.6 Å². The largest absolute Gasteiger partial charge is 0.370 e. The van der Waals surface area contributed by atoms with E-state index in [-0.39, 0.29) is 24.0 Å². The molecule has 0 amide bonds. The average Bonchev–Trinajstić information content (AvgIpc) is 2.26. The van der Waals surface area contributed by atoms with E-state index in [4.69, 9.17) is 17.3 Å². The predicted molar refractivity (Wildman–Crippen MR) is 87.5 cm³/mol. The number of hydrogen-bond acceptors (Lipinski definition) is 1. The van der Waals surface area contributed by atoms with Crippen LogP contribution in [0.15, 0.2) is 29.3 Å². The lowest BCUT2D eigenvalue weighted by molar-refractivity contribution is 0.315. The monoisotopic (exact) mass is 379 g/mol. The number of nitrogens with two attached hydrogens (primary N) is 1. The quantitative estimate of drug-likeness (QED) is 0.480. The fourth-order valence-corrected chi connectivity index (χ4v) is 1.89. The van der Waals surface area contributed by atoms with E-state index in [9.17, 15) is 0 Å². The number of rotatable bonds is 4. The molecule has 0 aromatic heterocycles. The third kappa shape index (κ3) is 5.02. The lowest BCUT2D eigenvalue weighted by Crippen LogP contribution is -2.37. The first-order chi connectivity index (χ1) is 8.24. The Morgan fingerprint density at radius 3 is 2.56 bits per heavy atom. The highest BCUT2D eigenvalue weighted by Gasteiger charge is 2.16. The molecule has 1 aliphatic rings. The highest BCUT2D eigenvalue weighted by atomic mass is 127. The number of aliphatic imine (C=N–C) groups is 1. The van der Waals surface area contributed by atoms with E-state index in [0.29, 0.717) is 12.5 Å². The Kier molecular flexibility index (Phi) is 6.78. The first-order valence-electron chi connectivity index (χ1n) is 6.02. The molecule has 0 aliphatic heterocycles. The standard InChI is InChI=1S/C13H18ClN3.HI/c14-12-6-4-11(5-7-12)9-17-13(15)16-8-10-2-1-3-10;/h4-7,10H,1-3,8-9H2,(H3,15,16,17);1H. The molecule has 1 saturated carbocycles. The van der Waals surface area contributed by atoms with Gasteiger partial charge in [-0.15, -0.1) is 24.0 Å². The van der Waals surface area contributed by atoms with Crippen LogP contribution < -0.4 is 11.1 Å². The van der Waals surface area contributed by atoms with Crippen molar-refractivity contribution in [1.82, 2.24) is 5.32 Å². The Hall–Kier alpha value is -0.490. The van der Waals surface area contributed by atoms with Crippen LogP contribution in [-0.4, -0.2) is 12.5 Å². The molecule has 0 spiro atoms. The van der Waals surface area contributed by atoms with Crippen LogP contribution in [0.25, 0.3) is 0 Å². The van der Waals surface area contributed by atoms with Gasteiger partial charge in [0.05, 0.1) is 6.54 Å². The fourth-order valence-electron chi connectivity index (χ4n) is 1.77. The third-order valence-corrected chi connectivity index (χ3v) is 3.39. The molecule has 18 heavy (non-hydrogen) atoms. The van der Waals surface area contributed by atoms with Gasteiger partial charge in [-0.3, -0.25) is 0 Å². The molecule has 1 fully saturated rings. The summed E-state index contributed by atoms with van der Waals surface area (Å²) >= 11 is 5.81. The van der Waals surface area contributed by atoms with Crippen LogP contribution in [0.1, 0.15) is 24.8 Å². The molecule has 0 bridgehead atoms. The van der Waals surface area contributed by atoms with Crippen LogP contribution in [0.4, 0.5) is 0 Å². The van der Waals surface area contributed by atoms with E-state index in [1.807, 2.05) is 24.3 Å². The second-order valence-electron chi connectivity index (χ2n) is 4.51. The van der Waals surface area contributed by atoms with Gasteiger partial charge in [-0.25, -0.2) is 4.99 Å². The Morgan fingerprint density at radius 2 is 2.00 bits per heavy atom. The first-order valence-corrected chi connectivity index (χ1v) is 6.40. The van der Waals surface area contributed by atoms with Gasteiger partial charge in [0, 0.05) is 11.6 Å². The predicted octanol–water partition coefficient (Wildman–Crippen LogP) is 3.16. The van der Waals surface area contributed by atoms with Crippen LogP contribution in [0.5, 0.6) is 0 Å². The lowest BCUT2D eigenvalue weighted by atomic mass is 9.85. The Bertz CT molecular complexity index is 388. The summed E-state index contributed by atoms with van der Waals surface area (Å²) in [6.45, 7) is 1.55. The van der Waals surface area contributed by atoms with Crippen molar-refractivity contribution in [3.8, 4) is 0 Å². The minimum absolute atomic E-state index is 0. The second-order valence-corrected chi connectivity index (χ2v) is 4.94. The molecule has 3 N–H and O–H groups in total. The number of halogens is 2. The highest BCUT2D eigenvalue weighted by Crippen LogP contribution is 2.24. The zero-order chi connectivity index (χ0) is 12.1. The van der Waals surface area contributed by atoms with Crippen molar-refractivity contribution >= 4 is 41.5 Å². The van der Waals surface area contributed by atoms with E-state index in [1.54, 1.807) is 0 Å². The minimum Gasteiger partial charge on any atom is -0.370 e. The summed E-state index contributed by atoms with van der Waals surface area (Å²) in [5.41, 5.74) is 6.91. The third-order valence-electron chi connectivity index (χ3n) is 3.14. The number of nitrogens with zero attached hydrogens (tertiary/aromatic N) is 1. The lowest BCUT2D eigenvalue weighted by Gasteiger charge is -2.25. The van der Waals surface area contributed by atoms with Gasteiger partial charge in [0.25, 0.3) is 0 Å². The van der Waals surface area contributed by atoms with Gasteiger partial charge in [-0.05, 0) is 36.5 Å². The number of hydrogen-bond donors (Lipinski definition) is 2. The summed E-state index contributed by atoms with van der Waals surface area (Å²) in [5.74, 6) is 1.33. The number of nitrogens with one attached hydrogen (secondary N) is 1. The highest BCUT2D eigenvalue weighted by molar-refractivity contribution is 14.0. The molecule has 5 heteroatoms. The Balaban J connectivity index is 0.00000162. The Morgan fingerprint density at radius 1 is 1.33 bits per heavy atom. The maximum atomic E-state index is 5.81. The van der Waals surface area contributed by atoms with Crippen molar-refractivity contribution in [2.45, 2.75) is 25.8 Å². The average molecular weight is 380 g/mol. The van der Waals surface area contributed by atoms with Gasteiger partial charge in [-0.1, -0.05) is 30.2 Å². The molecular formula is C13H19ClIN3. The summed E-state index contributed by atoms with van der Waals surface area (Å²) in [4.78, 5) is 4.29. The topological polar surface area (TPSA) is 50.4 Å². The zero-order valence-electron chi connectivity index (χ0n) is 10.2. The molecule has 1 aromatic carbocycles. The van der Waals surface area contributed by atoms with Crippen LogP contribution in [-0.2, 0) is 6.54 Å². The van der Waals surface area contributed by atoms with Crippen molar-refractivity contribution in [3.05, 3.63) is 34.9 Å². The maximum absolute atomic E-state index is 5.81. The molecule has 0 saturated heterocycles. The molecule has 3 nitrogen and oxygen atoms in total. The number of guanidine groups is 1. The maximum Gasteiger partial charge on any atom is 0.188 e. The van der Waals surface area contributed by atoms with Crippen molar-refractivity contribution in [3.63, 3.8) is 0 Å². The van der Waals surface area contributed by atoms with Crippen molar-refractivity contribution in [2.75, 3.05) is 6.54 Å². The van der Waals surface area contributed by atoms with Crippen molar-refractivity contribution < 1.29 is 0 Å². The second kappa shape index (κ2) is 7.84. The fraction of sp³-hybridized carbons (Fsp3) is 0.462. The summed E-state index contributed by atoms with van der Waals surface area (Å²) in [6, 6.07) is 7.66. The summed E-state index contributed by atoms with van der Waals surface area (Å²) in [5, 5.41) is 3.91. The summed E-state index contributed by atoms with van der Waals surface area (Å²) < 4.78 is 0. The van der Waals surface area contributed by atoms with Crippen LogP contribution in [0.2, 0.25) is 5.02 Å². The van der Waals surface area contributed by atoms with Crippen LogP contribution in [0, 0.1) is 5.92 Å². The van der Waals surface area contributed by atoms with E-state index < -0.39 is 0 Å². The van der Waals surface area contributed by atoms with Gasteiger partial charge in [0.1, 0.15) is 0 Å². The zero-order valence-corrected chi connectivity index (χ0v) is 13.3. The molecule has 1 aliphatic carbocycles. The number of benzene rings is 1. The van der Waals surface area contributed by atoms with E-state index >= 15 is 0 Å². The normalized spacial score (nSPS) is 15.7. The van der Waals surface area contributed by atoms with Crippen molar-refractivity contribution in [2.24, 2.45) is 16.6 Å². The molecular weight excluding hydrogens is 361 g/mol. The van der Waals surface area contributed by atoms with Gasteiger partial charge in [-0.2, -0.15) is 0 Å². The van der Waals surface area contributed by atoms with Gasteiger partial charge < -0.3 is 11.1 Å². The van der Waals surface area contributed by atoms with Crippen molar-refractivity contribution in [1.29, 1.82) is 0 Å². The van der Waals surface area contributed by atoms with Crippen LogP contribution in [0.3, 0.4) is 0 Å². The molecule has 0 unspecified atom stereocenters. The SMILES string of the molecule is I.NC(=NCc1ccc(Cl)cc1)NCC1CCC1. The van der Waals surface area contributed by atoms with Gasteiger partial charge >= 0.3 is 0 Å². The van der Waals surface area contributed by atoms with E-state index in [2.05, 4.69) is 10.3 Å². The Labute approximate surface area is 130 Å². The molecule has 0 heterocycles. The minimum atomic E-state index is 0. The van der Waals surface area contributed by atoms with Gasteiger partial charge in [0.2, 0.25) is 0 Å². The molecule has 100 valence electrons. The smallest absolute Gasteiger partial charge is 0.188 e. The van der Waals surface area contributed by atoms with E-state index in [0.717, 1.165) is 23.0 Å². The molecule has 0 atom stereocenters. The first kappa shape index (κ1) is 15.6. The summed E-state index contributed by atoms with van der Waals surface area (Å²) in [7, 11) is 0. The van der Waals surface area contributed by atoms with E-state index in [1.165, 1.54) is 19.3 Å². The summed E-state index contributed by atoms with van der Waals surface area (Å²) in [6.07, 6.45) is 3.99. The molecule has 2 rings (SSSR count). The molecule has 0 radical (unpaired) electrons. The molecule has 1 aromatic rings. The van der Waals surface area contributed by atoms with Gasteiger partial charge in [0.15, 0.2) is 5.96 Å².